The fourth-order valence-electron chi connectivity index (χ4n) is 5.45. The number of rotatable bonds is 7. The highest BCUT2D eigenvalue weighted by Gasteiger charge is 2.54. The molecular weight excluding hydrogens is 572 g/mol. The van der Waals surface area contributed by atoms with Crippen LogP contribution in [0, 0.1) is 24.2 Å². The molecule has 2 aromatic rings. The molecule has 2 aliphatic heterocycles. The second kappa shape index (κ2) is 13.1. The fourth-order valence-corrected chi connectivity index (χ4v) is 5.45. The van der Waals surface area contributed by atoms with E-state index in [2.05, 4.69) is 32.6 Å². The molecule has 11 heteroatoms. The SMILES string of the molecule is Cc1cccc(C#CC[C@@H](NC(=O)C(C)(C)NC(=O)OC(C)(C)C)C(=O)N2CCC3=NN(C)C(=O)[C@]3(Cc3ccccc3)C2)n1. The van der Waals surface area contributed by atoms with Crippen LogP contribution in [-0.4, -0.2) is 81.7 Å². The number of piperidine rings is 1. The molecule has 0 spiro atoms. The molecule has 0 saturated carbocycles. The number of aryl methyl sites for hydroxylation is 1. The molecule has 45 heavy (non-hydrogen) atoms. The van der Waals surface area contributed by atoms with Gasteiger partial charge in [-0.2, -0.15) is 5.10 Å². The summed E-state index contributed by atoms with van der Waals surface area (Å²) in [5.41, 5.74) is -0.124. The third-order valence-electron chi connectivity index (χ3n) is 7.66. The van der Waals surface area contributed by atoms with Gasteiger partial charge in [0.1, 0.15) is 28.3 Å². The van der Waals surface area contributed by atoms with Gasteiger partial charge in [-0.25, -0.2) is 14.8 Å². The molecule has 0 bridgehead atoms. The molecule has 1 aromatic heterocycles. The van der Waals surface area contributed by atoms with Crippen molar-refractivity contribution >= 4 is 29.5 Å². The molecule has 1 aromatic carbocycles. The molecule has 4 amide bonds. The molecule has 0 unspecified atom stereocenters. The van der Waals surface area contributed by atoms with E-state index in [0.717, 1.165) is 17.0 Å². The lowest BCUT2D eigenvalue weighted by Gasteiger charge is -2.40. The number of carbonyl (C=O) groups excluding carboxylic acids is 4. The number of alkyl carbamates (subject to hydrolysis) is 1. The number of amides is 4. The molecule has 2 aliphatic rings. The lowest BCUT2D eigenvalue weighted by atomic mass is 9.73. The molecule has 11 nitrogen and oxygen atoms in total. The van der Waals surface area contributed by atoms with E-state index >= 15 is 0 Å². The predicted octanol–water partition coefficient (Wildman–Crippen LogP) is 3.21. The largest absolute Gasteiger partial charge is 0.444 e. The highest BCUT2D eigenvalue weighted by molar-refractivity contribution is 6.13. The van der Waals surface area contributed by atoms with Crippen LogP contribution in [0.4, 0.5) is 4.79 Å². The first-order valence-electron chi connectivity index (χ1n) is 15.0. The zero-order valence-corrected chi connectivity index (χ0v) is 27.1. The van der Waals surface area contributed by atoms with Gasteiger partial charge in [0.25, 0.3) is 5.91 Å². The lowest BCUT2D eigenvalue weighted by molar-refractivity contribution is -0.142. The van der Waals surface area contributed by atoms with Crippen molar-refractivity contribution in [2.24, 2.45) is 10.5 Å². The smallest absolute Gasteiger partial charge is 0.408 e. The summed E-state index contributed by atoms with van der Waals surface area (Å²) in [6.45, 7) is 10.5. The molecule has 0 radical (unpaired) electrons. The van der Waals surface area contributed by atoms with E-state index < -0.39 is 34.6 Å². The van der Waals surface area contributed by atoms with E-state index in [0.29, 0.717) is 25.1 Å². The van der Waals surface area contributed by atoms with Crippen LogP contribution in [-0.2, 0) is 25.5 Å². The Morgan fingerprint density at radius 1 is 1.07 bits per heavy atom. The van der Waals surface area contributed by atoms with Crippen LogP contribution in [0.2, 0.25) is 0 Å². The summed E-state index contributed by atoms with van der Waals surface area (Å²) in [6, 6.07) is 14.1. The molecular formula is C34H42N6O5. The third-order valence-corrected chi connectivity index (χ3v) is 7.66. The fraction of sp³-hybridized carbons (Fsp3) is 0.471. The van der Waals surface area contributed by atoms with E-state index in [1.54, 1.807) is 38.8 Å². The predicted molar refractivity (Wildman–Crippen MR) is 170 cm³/mol. The van der Waals surface area contributed by atoms with Gasteiger partial charge in [-0.15, -0.1) is 0 Å². The van der Waals surface area contributed by atoms with Crippen molar-refractivity contribution in [2.75, 3.05) is 20.1 Å². The summed E-state index contributed by atoms with van der Waals surface area (Å²) < 4.78 is 5.33. The number of benzene rings is 1. The van der Waals surface area contributed by atoms with Gasteiger partial charge in [0, 0.05) is 38.7 Å². The highest BCUT2D eigenvalue weighted by Crippen LogP contribution is 2.38. The molecule has 2 N–H and O–H groups in total. The van der Waals surface area contributed by atoms with Gasteiger partial charge in [-0.3, -0.25) is 14.4 Å². The number of nitrogens with zero attached hydrogens (tertiary/aromatic N) is 4. The second-order valence-corrected chi connectivity index (χ2v) is 13.1. The van der Waals surface area contributed by atoms with Crippen molar-refractivity contribution in [3.63, 3.8) is 0 Å². The maximum atomic E-state index is 14.2. The first-order chi connectivity index (χ1) is 21.1. The average molecular weight is 615 g/mol. The quantitative estimate of drug-likeness (QED) is 0.461. The van der Waals surface area contributed by atoms with Gasteiger partial charge >= 0.3 is 6.09 Å². The normalized spacial score (nSPS) is 18.6. The van der Waals surface area contributed by atoms with E-state index in [1.165, 1.54) is 18.9 Å². The first-order valence-corrected chi connectivity index (χ1v) is 15.0. The Hall–Kier alpha value is -4.72. The molecule has 4 rings (SSSR count). The lowest BCUT2D eigenvalue weighted by Crippen LogP contribution is -2.62. The first kappa shape index (κ1) is 33.2. The minimum absolute atomic E-state index is 0.0142. The van der Waals surface area contributed by atoms with E-state index in [-0.39, 0.29) is 24.8 Å². The Kier molecular flexibility index (Phi) is 9.66. The van der Waals surface area contributed by atoms with Gasteiger partial charge in [-0.1, -0.05) is 42.3 Å². The van der Waals surface area contributed by atoms with Crippen molar-refractivity contribution in [1.29, 1.82) is 0 Å². The molecule has 1 fully saturated rings. The van der Waals surface area contributed by atoms with Crippen LogP contribution in [0.25, 0.3) is 0 Å². The Bertz CT molecular complexity index is 1550. The summed E-state index contributed by atoms with van der Waals surface area (Å²) in [6.07, 6.45) is 0.0347. The maximum Gasteiger partial charge on any atom is 0.408 e. The number of likely N-dealkylation sites (tertiary alicyclic amines) is 1. The number of aromatic nitrogens is 1. The second-order valence-electron chi connectivity index (χ2n) is 13.1. The zero-order valence-electron chi connectivity index (χ0n) is 27.1. The number of hydrogen-bond acceptors (Lipinski definition) is 7. The Balaban J connectivity index is 1.59. The molecule has 238 valence electrons. The minimum atomic E-state index is -1.41. The Morgan fingerprint density at radius 3 is 2.44 bits per heavy atom. The monoisotopic (exact) mass is 614 g/mol. The highest BCUT2D eigenvalue weighted by atomic mass is 16.6. The van der Waals surface area contributed by atoms with Crippen molar-refractivity contribution in [2.45, 2.75) is 78.0 Å². The number of ether oxygens (including phenoxy) is 1. The topological polar surface area (TPSA) is 133 Å². The van der Waals surface area contributed by atoms with Crippen LogP contribution in [0.5, 0.6) is 0 Å². The number of fused-ring (bicyclic) bond motifs is 1. The van der Waals surface area contributed by atoms with Crippen LogP contribution in [0.15, 0.2) is 53.6 Å². The Labute approximate surface area is 264 Å². The van der Waals surface area contributed by atoms with E-state index in [4.69, 9.17) is 4.74 Å². The number of nitrogens with one attached hydrogen (secondary N) is 2. The Morgan fingerprint density at radius 2 is 1.78 bits per heavy atom. The number of carbonyl (C=O) groups is 4. The van der Waals surface area contributed by atoms with Gasteiger partial charge in [0.15, 0.2) is 0 Å². The van der Waals surface area contributed by atoms with Crippen molar-refractivity contribution in [3.8, 4) is 11.8 Å². The third kappa shape index (κ3) is 8.06. The minimum Gasteiger partial charge on any atom is -0.444 e. The van der Waals surface area contributed by atoms with Crippen LogP contribution in [0.1, 0.15) is 64.4 Å². The van der Waals surface area contributed by atoms with E-state index in [9.17, 15) is 19.2 Å². The number of pyridine rings is 1. The van der Waals surface area contributed by atoms with Crippen molar-refractivity contribution in [3.05, 3.63) is 65.5 Å². The van der Waals surface area contributed by atoms with Crippen LogP contribution in [0.3, 0.4) is 0 Å². The van der Waals surface area contributed by atoms with Crippen molar-refractivity contribution in [1.82, 2.24) is 25.5 Å². The molecule has 1 saturated heterocycles. The summed E-state index contributed by atoms with van der Waals surface area (Å²) in [7, 11) is 1.63. The molecule has 3 heterocycles. The van der Waals surface area contributed by atoms with Crippen molar-refractivity contribution < 1.29 is 23.9 Å². The van der Waals surface area contributed by atoms with Crippen LogP contribution >= 0.6 is 0 Å². The number of hydrazone groups is 1. The van der Waals surface area contributed by atoms with Gasteiger partial charge in [0.2, 0.25) is 11.8 Å². The van der Waals surface area contributed by atoms with Gasteiger partial charge in [0.05, 0.1) is 5.71 Å². The van der Waals surface area contributed by atoms with Gasteiger partial charge in [-0.05, 0) is 71.6 Å². The maximum absolute atomic E-state index is 14.2. The van der Waals surface area contributed by atoms with Crippen LogP contribution < -0.4 is 10.6 Å². The van der Waals surface area contributed by atoms with E-state index in [1.807, 2.05) is 49.4 Å². The summed E-state index contributed by atoms with van der Waals surface area (Å²) in [5, 5.41) is 11.3. The molecule has 0 aliphatic carbocycles. The zero-order chi connectivity index (χ0) is 33.0. The molecule has 2 atom stereocenters. The summed E-state index contributed by atoms with van der Waals surface area (Å²) >= 11 is 0. The average Bonchev–Trinajstić information content (AvgIpc) is 3.19. The summed E-state index contributed by atoms with van der Waals surface area (Å²) in [5.74, 6) is 4.85. The summed E-state index contributed by atoms with van der Waals surface area (Å²) in [4.78, 5) is 59.8. The standard InChI is InChI=1S/C34H42N6O5/c1-23-13-11-16-25(35-23)17-12-18-26(36-29(42)33(5,6)37-31(44)45-32(2,3)4)28(41)40-20-19-27-34(22-40,30(43)39(7)38-27)21-24-14-9-8-10-15-24/h8-11,13-16,26H,18-22H2,1-7H3,(H,36,42)(H,37,44)/t26-,34-/m1/s1. The number of hydrogen-bond donors (Lipinski definition) is 2. The van der Waals surface area contributed by atoms with Gasteiger partial charge < -0.3 is 20.3 Å².